The summed E-state index contributed by atoms with van der Waals surface area (Å²) in [4.78, 5) is 23.7. The van der Waals surface area contributed by atoms with Crippen LogP contribution in [0.15, 0.2) is 42.5 Å². The summed E-state index contributed by atoms with van der Waals surface area (Å²) in [5, 5.41) is 5.32. The number of amides is 2. The Kier molecular flexibility index (Phi) is 5.62. The third-order valence-electron chi connectivity index (χ3n) is 3.21. The number of anilines is 2. The molecule has 0 atom stereocenters. The molecule has 2 aromatic rings. The van der Waals surface area contributed by atoms with Gasteiger partial charge < -0.3 is 24.8 Å². The molecule has 0 aromatic heterocycles. The Balaban J connectivity index is 2.16. The molecule has 2 N–H and O–H groups in total. The first kappa shape index (κ1) is 17.1. The highest BCUT2D eigenvalue weighted by Crippen LogP contribution is 2.34. The third kappa shape index (κ3) is 3.95. The number of methoxy groups -OCH3 is 3. The number of carbonyl (C=O) groups is 2. The van der Waals surface area contributed by atoms with Gasteiger partial charge in [-0.2, -0.15) is 0 Å². The molecule has 7 heteroatoms. The molecule has 7 nitrogen and oxygen atoms in total. The third-order valence-corrected chi connectivity index (χ3v) is 3.21. The average molecular weight is 330 g/mol. The number of hydrogen-bond acceptors (Lipinski definition) is 5. The molecule has 24 heavy (non-hydrogen) atoms. The van der Waals surface area contributed by atoms with E-state index in [9.17, 15) is 9.59 Å². The Morgan fingerprint density at radius 2 is 1.50 bits per heavy atom. The highest BCUT2D eigenvalue weighted by molar-refractivity contribution is 6.02. The average Bonchev–Trinajstić information content (AvgIpc) is 2.61. The first-order chi connectivity index (χ1) is 11.6. The summed E-state index contributed by atoms with van der Waals surface area (Å²) < 4.78 is 15.1. The first-order valence-corrected chi connectivity index (χ1v) is 7.06. The van der Waals surface area contributed by atoms with Gasteiger partial charge in [0.25, 0.3) is 0 Å². The Morgan fingerprint density at radius 1 is 0.875 bits per heavy atom. The lowest BCUT2D eigenvalue weighted by Crippen LogP contribution is -2.20. The summed E-state index contributed by atoms with van der Waals surface area (Å²) in [5.41, 5.74) is 1.19. The van der Waals surface area contributed by atoms with E-state index < -0.39 is 12.0 Å². The van der Waals surface area contributed by atoms with Crippen LogP contribution in [0, 0.1) is 0 Å². The predicted molar refractivity (Wildman–Crippen MR) is 90.0 cm³/mol. The number of esters is 1. The second kappa shape index (κ2) is 7.87. The highest BCUT2D eigenvalue weighted by Gasteiger charge is 2.14. The first-order valence-electron chi connectivity index (χ1n) is 7.06. The van der Waals surface area contributed by atoms with Gasteiger partial charge in [0, 0.05) is 5.69 Å². The molecule has 2 amide bonds. The van der Waals surface area contributed by atoms with Crippen molar-refractivity contribution in [3.63, 3.8) is 0 Å². The second-order valence-electron chi connectivity index (χ2n) is 4.69. The van der Waals surface area contributed by atoms with Crippen LogP contribution in [0.2, 0.25) is 0 Å². The molecule has 0 aliphatic rings. The number of hydrogen-bond donors (Lipinski definition) is 2. The van der Waals surface area contributed by atoms with Crippen molar-refractivity contribution in [2.24, 2.45) is 0 Å². The Labute approximate surface area is 139 Å². The largest absolute Gasteiger partial charge is 0.494 e. The molecular weight excluding hydrogens is 312 g/mol. The monoisotopic (exact) mass is 330 g/mol. The maximum absolute atomic E-state index is 12.2. The molecule has 126 valence electrons. The Bertz CT molecular complexity index is 723. The molecule has 0 heterocycles. The maximum atomic E-state index is 12.2. The lowest BCUT2D eigenvalue weighted by molar-refractivity contribution is 0.0600. The molecule has 0 radical (unpaired) electrons. The minimum atomic E-state index is -0.500. The number of ether oxygens (including phenoxy) is 3. The van der Waals surface area contributed by atoms with Gasteiger partial charge in [0.1, 0.15) is 17.2 Å². The van der Waals surface area contributed by atoms with Gasteiger partial charge in [-0.25, -0.2) is 9.59 Å². The normalized spacial score (nSPS) is 9.79. The summed E-state index contributed by atoms with van der Waals surface area (Å²) >= 11 is 0. The number of para-hydroxylation sites is 1. The van der Waals surface area contributed by atoms with Crippen LogP contribution in [0.3, 0.4) is 0 Å². The van der Waals surface area contributed by atoms with Crippen molar-refractivity contribution >= 4 is 23.4 Å². The summed E-state index contributed by atoms with van der Waals surface area (Å²) in [6.07, 6.45) is 0. The van der Waals surface area contributed by atoms with Crippen molar-refractivity contribution in [3.05, 3.63) is 48.0 Å². The van der Waals surface area contributed by atoms with Crippen LogP contribution in [0.5, 0.6) is 11.5 Å². The molecule has 0 aliphatic heterocycles. The Hall–Kier alpha value is -3.22. The zero-order chi connectivity index (χ0) is 17.5. The van der Waals surface area contributed by atoms with Crippen molar-refractivity contribution in [2.75, 3.05) is 32.0 Å². The number of rotatable bonds is 5. The fraction of sp³-hybridized carbons (Fsp3) is 0.176. The fourth-order valence-electron chi connectivity index (χ4n) is 2.09. The molecule has 0 fully saturated rings. The maximum Gasteiger partial charge on any atom is 0.337 e. The SMILES string of the molecule is COC(=O)c1cccc(NC(=O)Nc2c(OC)cccc2OC)c1. The minimum Gasteiger partial charge on any atom is -0.494 e. The van der Waals surface area contributed by atoms with E-state index >= 15 is 0 Å². The molecule has 2 rings (SSSR count). The van der Waals surface area contributed by atoms with Crippen LogP contribution >= 0.6 is 0 Å². The van der Waals surface area contributed by atoms with Crippen molar-refractivity contribution < 1.29 is 23.8 Å². The van der Waals surface area contributed by atoms with Crippen molar-refractivity contribution in [2.45, 2.75) is 0 Å². The highest BCUT2D eigenvalue weighted by atomic mass is 16.5. The number of nitrogens with one attached hydrogen (secondary N) is 2. The lowest BCUT2D eigenvalue weighted by atomic mass is 10.2. The van der Waals surface area contributed by atoms with E-state index in [1.807, 2.05) is 0 Å². The van der Waals surface area contributed by atoms with Crippen LogP contribution in [-0.4, -0.2) is 33.3 Å². The smallest absolute Gasteiger partial charge is 0.337 e. The van der Waals surface area contributed by atoms with E-state index in [-0.39, 0.29) is 0 Å². The number of benzene rings is 2. The molecule has 0 unspecified atom stereocenters. The van der Waals surface area contributed by atoms with Crippen LogP contribution in [0.25, 0.3) is 0 Å². The molecule has 0 aliphatic carbocycles. The molecule has 0 spiro atoms. The predicted octanol–water partition coefficient (Wildman–Crippen LogP) is 3.13. The standard InChI is InChI=1S/C17H18N2O5/c1-22-13-8-5-9-14(23-2)15(13)19-17(21)18-12-7-4-6-11(10-12)16(20)24-3/h4-10H,1-3H3,(H2,18,19,21). The van der Waals surface area contributed by atoms with E-state index in [0.29, 0.717) is 28.4 Å². The fourth-order valence-corrected chi connectivity index (χ4v) is 2.09. The van der Waals surface area contributed by atoms with Gasteiger partial charge in [-0.15, -0.1) is 0 Å². The Morgan fingerprint density at radius 3 is 2.08 bits per heavy atom. The molecule has 2 aromatic carbocycles. The number of carbonyl (C=O) groups excluding carboxylic acids is 2. The summed E-state index contributed by atoms with van der Waals surface area (Å²) in [7, 11) is 4.29. The molecule has 0 bridgehead atoms. The molecule has 0 saturated carbocycles. The molecular formula is C17H18N2O5. The topological polar surface area (TPSA) is 85.9 Å². The zero-order valence-electron chi connectivity index (χ0n) is 13.6. The van der Waals surface area contributed by atoms with Crippen LogP contribution in [0.1, 0.15) is 10.4 Å². The molecule has 0 saturated heterocycles. The van der Waals surface area contributed by atoms with Crippen molar-refractivity contribution in [1.82, 2.24) is 0 Å². The lowest BCUT2D eigenvalue weighted by Gasteiger charge is -2.14. The van der Waals surface area contributed by atoms with E-state index in [1.54, 1.807) is 36.4 Å². The van der Waals surface area contributed by atoms with Crippen molar-refractivity contribution in [1.29, 1.82) is 0 Å². The van der Waals surface area contributed by atoms with Gasteiger partial charge in [-0.05, 0) is 30.3 Å². The minimum absolute atomic E-state index is 0.338. The number of urea groups is 1. The van der Waals surface area contributed by atoms with E-state index in [4.69, 9.17) is 9.47 Å². The van der Waals surface area contributed by atoms with Gasteiger partial charge in [0.05, 0.1) is 26.9 Å². The van der Waals surface area contributed by atoms with Gasteiger partial charge in [-0.1, -0.05) is 12.1 Å². The van der Waals surface area contributed by atoms with Gasteiger partial charge in [-0.3, -0.25) is 0 Å². The summed E-state index contributed by atoms with van der Waals surface area (Å²) in [6.45, 7) is 0. The van der Waals surface area contributed by atoms with Crippen molar-refractivity contribution in [3.8, 4) is 11.5 Å². The van der Waals surface area contributed by atoms with Gasteiger partial charge in [0.2, 0.25) is 0 Å². The quantitative estimate of drug-likeness (QED) is 0.823. The second-order valence-corrected chi connectivity index (χ2v) is 4.69. The van der Waals surface area contributed by atoms with Crippen LogP contribution in [0.4, 0.5) is 16.2 Å². The van der Waals surface area contributed by atoms with Gasteiger partial charge in [0.15, 0.2) is 0 Å². The van der Waals surface area contributed by atoms with Crippen LogP contribution < -0.4 is 20.1 Å². The van der Waals surface area contributed by atoms with Crippen LogP contribution in [-0.2, 0) is 4.74 Å². The summed E-state index contributed by atoms with van der Waals surface area (Å²) in [5.74, 6) is 0.450. The van der Waals surface area contributed by atoms with E-state index in [2.05, 4.69) is 15.4 Å². The van der Waals surface area contributed by atoms with E-state index in [1.165, 1.54) is 27.4 Å². The zero-order valence-corrected chi connectivity index (χ0v) is 13.6. The summed E-state index contributed by atoms with van der Waals surface area (Å²) in [6, 6.07) is 11.1. The van der Waals surface area contributed by atoms with E-state index in [0.717, 1.165) is 0 Å². The van der Waals surface area contributed by atoms with Gasteiger partial charge >= 0.3 is 12.0 Å².